The van der Waals surface area contributed by atoms with E-state index in [9.17, 15) is 9.59 Å². The lowest BCUT2D eigenvalue weighted by atomic mass is 10.3. The highest BCUT2D eigenvalue weighted by Gasteiger charge is 2.15. The first-order chi connectivity index (χ1) is 12.1. The molecule has 0 saturated heterocycles. The lowest BCUT2D eigenvalue weighted by Gasteiger charge is -2.11. The Hall–Kier alpha value is -2.58. The molecule has 2 aromatic heterocycles. The minimum atomic E-state index is -0.304. The van der Waals surface area contributed by atoms with E-state index < -0.39 is 0 Å². The third-order valence-corrected chi connectivity index (χ3v) is 5.00. The zero-order chi connectivity index (χ0) is 17.6. The van der Waals surface area contributed by atoms with Crippen LogP contribution < -0.4 is 10.6 Å². The van der Waals surface area contributed by atoms with E-state index in [0.717, 1.165) is 4.90 Å². The number of thiazole rings is 1. The van der Waals surface area contributed by atoms with Gasteiger partial charge in [0.05, 0.1) is 11.5 Å². The summed E-state index contributed by atoms with van der Waals surface area (Å²) in [5.74, 6) is -0.150. The van der Waals surface area contributed by atoms with Gasteiger partial charge in [0.15, 0.2) is 10.9 Å². The summed E-state index contributed by atoms with van der Waals surface area (Å²) in [4.78, 5) is 29.0. The molecule has 128 valence electrons. The van der Waals surface area contributed by atoms with E-state index in [1.54, 1.807) is 30.5 Å². The summed E-state index contributed by atoms with van der Waals surface area (Å²) >= 11 is 2.81. The second-order valence-electron chi connectivity index (χ2n) is 5.04. The van der Waals surface area contributed by atoms with Gasteiger partial charge in [-0.3, -0.25) is 9.59 Å². The number of hydrogen-bond acceptors (Lipinski definition) is 6. The Morgan fingerprint density at radius 3 is 2.64 bits per heavy atom. The number of rotatable bonds is 6. The Kier molecular flexibility index (Phi) is 5.52. The van der Waals surface area contributed by atoms with Crippen LogP contribution in [0.25, 0.3) is 0 Å². The van der Waals surface area contributed by atoms with Gasteiger partial charge in [-0.1, -0.05) is 0 Å². The van der Waals surface area contributed by atoms with Gasteiger partial charge >= 0.3 is 0 Å². The highest BCUT2D eigenvalue weighted by Crippen LogP contribution is 2.26. The van der Waals surface area contributed by atoms with Crippen molar-refractivity contribution in [3.63, 3.8) is 0 Å². The summed E-state index contributed by atoms with van der Waals surface area (Å²) < 4.78 is 5.05. The lowest BCUT2D eigenvalue weighted by molar-refractivity contribution is -0.115. The van der Waals surface area contributed by atoms with Gasteiger partial charge in [0.2, 0.25) is 5.91 Å². The third-order valence-electron chi connectivity index (χ3n) is 3.20. The van der Waals surface area contributed by atoms with Crippen LogP contribution in [0.5, 0.6) is 0 Å². The summed E-state index contributed by atoms with van der Waals surface area (Å²) in [5, 5.41) is 7.65. The number of carbonyl (C=O) groups is 2. The number of hydrogen-bond donors (Lipinski definition) is 2. The van der Waals surface area contributed by atoms with Gasteiger partial charge < -0.3 is 15.1 Å². The van der Waals surface area contributed by atoms with Crippen molar-refractivity contribution in [2.45, 2.75) is 17.1 Å². The smallest absolute Gasteiger partial charge is 0.291 e. The molecule has 3 rings (SSSR count). The van der Waals surface area contributed by atoms with Crippen LogP contribution in [0.4, 0.5) is 10.8 Å². The average Bonchev–Trinajstić information content (AvgIpc) is 3.30. The number of carbonyl (C=O) groups excluding carboxylic acids is 2. The molecular weight excluding hydrogens is 358 g/mol. The number of aromatic nitrogens is 1. The molecule has 8 heteroatoms. The molecule has 0 aliphatic heterocycles. The van der Waals surface area contributed by atoms with Gasteiger partial charge in [0.25, 0.3) is 5.91 Å². The number of amides is 2. The van der Waals surface area contributed by atoms with E-state index in [1.165, 1.54) is 29.4 Å². The van der Waals surface area contributed by atoms with Gasteiger partial charge in [0.1, 0.15) is 0 Å². The molecule has 1 unspecified atom stereocenters. The zero-order valence-corrected chi connectivity index (χ0v) is 14.9. The molecule has 3 aromatic rings. The summed E-state index contributed by atoms with van der Waals surface area (Å²) in [5.41, 5.74) is 0.658. The third kappa shape index (κ3) is 4.71. The fourth-order valence-electron chi connectivity index (χ4n) is 1.97. The normalized spacial score (nSPS) is 11.7. The first-order valence-corrected chi connectivity index (χ1v) is 9.19. The molecule has 2 heterocycles. The molecule has 0 saturated carbocycles. The monoisotopic (exact) mass is 373 g/mol. The van der Waals surface area contributed by atoms with Crippen molar-refractivity contribution < 1.29 is 14.0 Å². The number of benzene rings is 1. The van der Waals surface area contributed by atoms with Gasteiger partial charge in [-0.05, 0) is 43.3 Å². The van der Waals surface area contributed by atoms with Crippen LogP contribution in [0.15, 0.2) is 63.6 Å². The zero-order valence-electron chi connectivity index (χ0n) is 13.3. The SMILES string of the molecule is CC(Sc1ccc(NC(=O)c2ccco2)cc1)C(=O)Nc1nccs1. The molecule has 0 fully saturated rings. The number of thioether (sulfide) groups is 1. The maximum Gasteiger partial charge on any atom is 0.291 e. The van der Waals surface area contributed by atoms with E-state index >= 15 is 0 Å². The van der Waals surface area contributed by atoms with Gasteiger partial charge in [-0.25, -0.2) is 4.98 Å². The van der Waals surface area contributed by atoms with Crippen molar-refractivity contribution in [3.8, 4) is 0 Å². The molecule has 0 aliphatic carbocycles. The van der Waals surface area contributed by atoms with Gasteiger partial charge in [0, 0.05) is 22.2 Å². The number of nitrogens with one attached hydrogen (secondary N) is 2. The van der Waals surface area contributed by atoms with Crippen LogP contribution in [0, 0.1) is 0 Å². The Balaban J connectivity index is 1.55. The van der Waals surface area contributed by atoms with E-state index in [1.807, 2.05) is 24.4 Å². The van der Waals surface area contributed by atoms with Gasteiger partial charge in [-0.2, -0.15) is 0 Å². The van der Waals surface area contributed by atoms with Crippen LogP contribution in [0.3, 0.4) is 0 Å². The Labute approximate surface area is 152 Å². The van der Waals surface area contributed by atoms with Crippen LogP contribution in [-0.4, -0.2) is 22.0 Å². The van der Waals surface area contributed by atoms with Crippen molar-refractivity contribution >= 4 is 45.7 Å². The van der Waals surface area contributed by atoms with E-state index in [-0.39, 0.29) is 22.8 Å². The summed E-state index contributed by atoms with van der Waals surface area (Å²) in [6, 6.07) is 10.5. The Morgan fingerprint density at radius 1 is 1.20 bits per heavy atom. The van der Waals surface area contributed by atoms with Crippen LogP contribution in [0.2, 0.25) is 0 Å². The number of furan rings is 1. The largest absolute Gasteiger partial charge is 0.459 e. The van der Waals surface area contributed by atoms with Crippen LogP contribution >= 0.6 is 23.1 Å². The summed E-state index contributed by atoms with van der Waals surface area (Å²) in [6.45, 7) is 1.83. The van der Waals surface area contributed by atoms with Gasteiger partial charge in [-0.15, -0.1) is 23.1 Å². The molecule has 0 bridgehead atoms. The molecule has 2 amide bonds. The number of anilines is 2. The highest BCUT2D eigenvalue weighted by atomic mass is 32.2. The van der Waals surface area contributed by atoms with Crippen molar-refractivity contribution in [2.75, 3.05) is 10.6 Å². The fourth-order valence-corrected chi connectivity index (χ4v) is 3.37. The second kappa shape index (κ2) is 8.00. The second-order valence-corrected chi connectivity index (χ2v) is 7.35. The molecule has 0 radical (unpaired) electrons. The molecule has 6 nitrogen and oxygen atoms in total. The lowest BCUT2D eigenvalue weighted by Crippen LogP contribution is -2.22. The highest BCUT2D eigenvalue weighted by molar-refractivity contribution is 8.00. The Morgan fingerprint density at radius 2 is 2.00 bits per heavy atom. The van der Waals surface area contributed by atoms with Crippen molar-refractivity contribution in [3.05, 3.63) is 60.0 Å². The van der Waals surface area contributed by atoms with Crippen LogP contribution in [-0.2, 0) is 4.79 Å². The molecule has 2 N–H and O–H groups in total. The first-order valence-electron chi connectivity index (χ1n) is 7.44. The Bertz CT molecular complexity index is 831. The average molecular weight is 373 g/mol. The first kappa shape index (κ1) is 17.2. The van der Waals surface area contributed by atoms with Crippen molar-refractivity contribution in [2.24, 2.45) is 0 Å². The molecule has 0 aliphatic rings. The minimum Gasteiger partial charge on any atom is -0.459 e. The molecular formula is C17H15N3O3S2. The molecule has 1 aromatic carbocycles. The molecule has 25 heavy (non-hydrogen) atoms. The molecule has 0 spiro atoms. The maximum atomic E-state index is 12.1. The summed E-state index contributed by atoms with van der Waals surface area (Å²) in [7, 11) is 0. The van der Waals surface area contributed by atoms with Crippen molar-refractivity contribution in [1.82, 2.24) is 4.98 Å². The predicted molar refractivity (Wildman–Crippen MR) is 99.2 cm³/mol. The number of nitrogens with zero attached hydrogens (tertiary/aromatic N) is 1. The quantitative estimate of drug-likeness (QED) is 0.635. The standard InChI is InChI=1S/C17H15N3O3S2/c1-11(15(21)20-17-18-8-10-24-17)25-13-6-4-12(5-7-13)19-16(22)14-3-2-9-23-14/h2-11H,1H3,(H,19,22)(H,18,20,21). The van der Waals surface area contributed by atoms with E-state index in [0.29, 0.717) is 10.8 Å². The topological polar surface area (TPSA) is 84.2 Å². The van der Waals surface area contributed by atoms with E-state index in [4.69, 9.17) is 4.42 Å². The van der Waals surface area contributed by atoms with E-state index in [2.05, 4.69) is 15.6 Å². The maximum absolute atomic E-state index is 12.1. The fraction of sp³-hybridized carbons (Fsp3) is 0.118. The summed E-state index contributed by atoms with van der Waals surface area (Å²) in [6.07, 6.45) is 3.10. The minimum absolute atomic E-state index is 0.102. The van der Waals surface area contributed by atoms with Crippen molar-refractivity contribution in [1.29, 1.82) is 0 Å². The molecule has 1 atom stereocenters. The van der Waals surface area contributed by atoms with Crippen LogP contribution in [0.1, 0.15) is 17.5 Å². The predicted octanol–water partition coefficient (Wildman–Crippen LogP) is 4.11.